The molecule has 2 heterocycles. The van der Waals surface area contributed by atoms with Gasteiger partial charge in [0.05, 0.1) is 10.5 Å². The van der Waals surface area contributed by atoms with E-state index in [0.717, 1.165) is 25.2 Å². The van der Waals surface area contributed by atoms with Crippen molar-refractivity contribution in [2.24, 2.45) is 11.8 Å². The van der Waals surface area contributed by atoms with Crippen LogP contribution in [0.4, 0.5) is 24.5 Å². The number of nitrogens with zero attached hydrogens (tertiary/aromatic N) is 3. The number of carbonyl (C=O) groups excluding carboxylic acids is 1. The largest absolute Gasteiger partial charge is 0.416 e. The van der Waals surface area contributed by atoms with Gasteiger partial charge in [-0.3, -0.25) is 14.9 Å². The molecule has 0 saturated carbocycles. The van der Waals surface area contributed by atoms with Gasteiger partial charge in [0.15, 0.2) is 0 Å². The number of benzene rings is 1. The second-order valence-corrected chi connectivity index (χ2v) is 6.98. The first kappa shape index (κ1) is 22.2. The molecule has 156 valence electrons. The number of amides is 1. The lowest BCUT2D eigenvalue weighted by Crippen LogP contribution is -2.54. The molecule has 2 aliphatic heterocycles. The minimum absolute atomic E-state index is 0. The van der Waals surface area contributed by atoms with E-state index in [1.54, 1.807) is 9.80 Å². The van der Waals surface area contributed by atoms with Gasteiger partial charge in [-0.1, -0.05) is 6.92 Å². The first-order valence-corrected chi connectivity index (χ1v) is 8.78. The van der Waals surface area contributed by atoms with Crippen molar-refractivity contribution in [3.63, 3.8) is 0 Å². The Kier molecular flexibility index (Phi) is 6.76. The average molecular weight is 423 g/mol. The van der Waals surface area contributed by atoms with E-state index in [0.29, 0.717) is 38.2 Å². The minimum Gasteiger partial charge on any atom is -0.362 e. The van der Waals surface area contributed by atoms with Crippen LogP contribution in [0.15, 0.2) is 18.2 Å². The topological polar surface area (TPSA) is 78.7 Å². The summed E-state index contributed by atoms with van der Waals surface area (Å²) in [5, 5.41) is 14.4. The van der Waals surface area contributed by atoms with E-state index in [1.807, 2.05) is 6.92 Å². The molecule has 2 fully saturated rings. The van der Waals surface area contributed by atoms with E-state index in [4.69, 9.17) is 0 Å². The van der Waals surface area contributed by atoms with Crippen molar-refractivity contribution in [2.75, 3.05) is 44.2 Å². The van der Waals surface area contributed by atoms with E-state index in [1.165, 1.54) is 0 Å². The Balaban J connectivity index is 0.00000280. The normalized spacial score (nSPS) is 18.9. The summed E-state index contributed by atoms with van der Waals surface area (Å²) in [6.07, 6.45) is -4.64. The average Bonchev–Trinajstić information content (AvgIpc) is 2.58. The van der Waals surface area contributed by atoms with Crippen LogP contribution in [0.1, 0.15) is 12.5 Å². The summed E-state index contributed by atoms with van der Waals surface area (Å²) in [5.41, 5.74) is -1.47. The molecular weight excluding hydrogens is 401 g/mol. The summed E-state index contributed by atoms with van der Waals surface area (Å²) in [7, 11) is 0. The van der Waals surface area contributed by atoms with Gasteiger partial charge in [0.1, 0.15) is 5.69 Å². The van der Waals surface area contributed by atoms with Gasteiger partial charge in [0.25, 0.3) is 5.69 Å². The third-order valence-corrected chi connectivity index (χ3v) is 5.34. The molecule has 2 saturated heterocycles. The van der Waals surface area contributed by atoms with Crippen LogP contribution in [0.3, 0.4) is 0 Å². The summed E-state index contributed by atoms with van der Waals surface area (Å²) >= 11 is 0. The fourth-order valence-electron chi connectivity index (χ4n) is 3.44. The highest BCUT2D eigenvalue weighted by Crippen LogP contribution is 2.36. The van der Waals surface area contributed by atoms with Crippen LogP contribution >= 0.6 is 12.4 Å². The molecule has 1 amide bonds. The molecule has 0 spiro atoms. The van der Waals surface area contributed by atoms with Crippen molar-refractivity contribution >= 4 is 29.7 Å². The highest BCUT2D eigenvalue weighted by molar-refractivity contribution is 5.85. The lowest BCUT2D eigenvalue weighted by atomic mass is 9.88. The monoisotopic (exact) mass is 422 g/mol. The fourth-order valence-corrected chi connectivity index (χ4v) is 3.44. The molecule has 1 aromatic rings. The van der Waals surface area contributed by atoms with Gasteiger partial charge < -0.3 is 15.1 Å². The van der Waals surface area contributed by atoms with Gasteiger partial charge >= 0.3 is 6.18 Å². The highest BCUT2D eigenvalue weighted by atomic mass is 35.5. The Morgan fingerprint density at radius 1 is 1.25 bits per heavy atom. The quantitative estimate of drug-likeness (QED) is 0.596. The first-order chi connectivity index (χ1) is 12.7. The van der Waals surface area contributed by atoms with Gasteiger partial charge in [0, 0.05) is 38.2 Å². The first-order valence-electron chi connectivity index (χ1n) is 8.78. The zero-order valence-electron chi connectivity index (χ0n) is 15.2. The third-order valence-electron chi connectivity index (χ3n) is 5.34. The molecule has 1 atom stereocenters. The van der Waals surface area contributed by atoms with Crippen LogP contribution in [0, 0.1) is 22.0 Å². The minimum atomic E-state index is -4.64. The maximum Gasteiger partial charge on any atom is 0.416 e. The van der Waals surface area contributed by atoms with E-state index >= 15 is 0 Å². The van der Waals surface area contributed by atoms with Crippen molar-refractivity contribution in [3.8, 4) is 0 Å². The molecule has 1 aromatic carbocycles. The van der Waals surface area contributed by atoms with Crippen LogP contribution in [0.5, 0.6) is 0 Å². The van der Waals surface area contributed by atoms with Crippen molar-refractivity contribution < 1.29 is 22.9 Å². The van der Waals surface area contributed by atoms with Crippen LogP contribution in [-0.4, -0.2) is 55.0 Å². The fraction of sp³-hybridized carbons (Fsp3) is 0.588. The maximum absolute atomic E-state index is 12.8. The van der Waals surface area contributed by atoms with Crippen LogP contribution in [0.25, 0.3) is 0 Å². The molecule has 1 N–H and O–H groups in total. The molecule has 7 nitrogen and oxygen atoms in total. The number of nitro groups is 1. The number of anilines is 1. The number of alkyl halides is 3. The molecular formula is C17H22ClF3N4O3. The summed E-state index contributed by atoms with van der Waals surface area (Å²) in [6, 6.07) is 2.56. The second-order valence-electron chi connectivity index (χ2n) is 6.98. The number of piperazine rings is 1. The number of rotatable bonds is 4. The van der Waals surface area contributed by atoms with E-state index in [9.17, 15) is 28.1 Å². The van der Waals surface area contributed by atoms with Gasteiger partial charge in [-0.2, -0.15) is 13.2 Å². The van der Waals surface area contributed by atoms with Gasteiger partial charge in [-0.25, -0.2) is 0 Å². The third kappa shape index (κ3) is 4.49. The van der Waals surface area contributed by atoms with E-state index in [2.05, 4.69) is 5.32 Å². The van der Waals surface area contributed by atoms with Crippen molar-refractivity contribution in [3.05, 3.63) is 33.9 Å². The molecule has 28 heavy (non-hydrogen) atoms. The van der Waals surface area contributed by atoms with Crippen molar-refractivity contribution in [2.45, 2.75) is 13.1 Å². The van der Waals surface area contributed by atoms with Crippen LogP contribution in [0.2, 0.25) is 0 Å². The second kappa shape index (κ2) is 8.52. The zero-order chi connectivity index (χ0) is 19.8. The highest BCUT2D eigenvalue weighted by Gasteiger charge is 2.36. The molecule has 0 aliphatic carbocycles. The molecule has 0 radical (unpaired) electrons. The summed E-state index contributed by atoms with van der Waals surface area (Å²) < 4.78 is 38.5. The van der Waals surface area contributed by atoms with Gasteiger partial charge in [-0.15, -0.1) is 12.4 Å². The Bertz CT molecular complexity index is 735. The molecule has 1 unspecified atom stereocenters. The SMILES string of the molecule is CC(C(=O)N1CCN(c2ccc(C(F)(F)F)cc2[N+](=O)[O-])CC1)C1CNC1.Cl. The predicted octanol–water partition coefficient (Wildman–Crippen LogP) is 2.54. The van der Waals surface area contributed by atoms with Crippen LogP contribution < -0.4 is 10.2 Å². The molecule has 0 bridgehead atoms. The summed E-state index contributed by atoms with van der Waals surface area (Å²) in [6.45, 7) is 5.01. The lowest BCUT2D eigenvalue weighted by Gasteiger charge is -2.39. The smallest absolute Gasteiger partial charge is 0.362 e. The number of hydrogen-bond acceptors (Lipinski definition) is 5. The number of halogens is 4. The number of carbonyl (C=O) groups is 1. The number of nitro benzene ring substituents is 1. The maximum atomic E-state index is 12.8. The Hall–Kier alpha value is -2.07. The van der Waals surface area contributed by atoms with Crippen molar-refractivity contribution in [1.29, 1.82) is 0 Å². The Morgan fingerprint density at radius 2 is 1.86 bits per heavy atom. The molecule has 2 aliphatic rings. The van der Waals surface area contributed by atoms with Gasteiger partial charge in [-0.05, 0) is 31.1 Å². The number of nitrogens with one attached hydrogen (secondary N) is 1. The summed E-state index contributed by atoms with van der Waals surface area (Å²) in [4.78, 5) is 26.4. The standard InChI is InChI=1S/C17H21F3N4O3.ClH/c1-11(12-9-21-10-12)16(25)23-6-4-22(5-7-23)14-3-2-13(17(18,19)20)8-15(14)24(26)27;/h2-3,8,11-12,21H,4-7,9-10H2,1H3;1H. The van der Waals surface area contributed by atoms with Crippen LogP contribution in [-0.2, 0) is 11.0 Å². The number of hydrogen-bond donors (Lipinski definition) is 1. The zero-order valence-corrected chi connectivity index (χ0v) is 16.1. The summed E-state index contributed by atoms with van der Waals surface area (Å²) in [5.74, 6) is 0.299. The van der Waals surface area contributed by atoms with Gasteiger partial charge in [0.2, 0.25) is 5.91 Å². The Labute approximate surface area is 166 Å². The lowest BCUT2D eigenvalue weighted by molar-refractivity contribution is -0.384. The molecule has 11 heteroatoms. The van der Waals surface area contributed by atoms with E-state index < -0.39 is 22.4 Å². The predicted molar refractivity (Wildman–Crippen MR) is 99.7 cm³/mol. The molecule has 3 rings (SSSR count). The Morgan fingerprint density at radius 3 is 2.32 bits per heavy atom. The van der Waals surface area contributed by atoms with Crippen molar-refractivity contribution in [1.82, 2.24) is 10.2 Å². The molecule has 0 aromatic heterocycles. The van der Waals surface area contributed by atoms with E-state index in [-0.39, 0.29) is 29.9 Å².